The lowest BCUT2D eigenvalue weighted by molar-refractivity contribution is 0.142. The van der Waals surface area contributed by atoms with Gasteiger partial charge in [0.1, 0.15) is 0 Å². The topological polar surface area (TPSA) is 33.1 Å². The molecule has 0 amide bonds. The van der Waals surface area contributed by atoms with Crippen LogP contribution in [0, 0.1) is 5.92 Å². The zero-order valence-corrected chi connectivity index (χ0v) is 9.57. The van der Waals surface area contributed by atoms with Crippen LogP contribution in [0.2, 0.25) is 0 Å². The lowest BCUT2D eigenvalue weighted by Gasteiger charge is -2.08. The summed E-state index contributed by atoms with van der Waals surface area (Å²) in [5.74, 6) is 0.579. The highest BCUT2D eigenvalue weighted by molar-refractivity contribution is 9.10. The molecule has 1 heterocycles. The summed E-state index contributed by atoms with van der Waals surface area (Å²) in [7, 11) is 0. The Morgan fingerprint density at radius 1 is 1.50 bits per heavy atom. The number of rotatable bonds is 4. The molecule has 0 radical (unpaired) electrons. The van der Waals surface area contributed by atoms with E-state index in [-0.39, 0.29) is 6.10 Å². The minimum absolute atomic E-state index is 0.103. The fraction of sp³-hybridized carbons (Fsp3) is 0.545. The fourth-order valence-corrected chi connectivity index (χ4v) is 2.04. The Labute approximate surface area is 92.5 Å². The summed E-state index contributed by atoms with van der Waals surface area (Å²) >= 11 is 3.39. The minimum Gasteiger partial charge on any atom is -0.393 e. The van der Waals surface area contributed by atoms with Crippen LogP contribution in [-0.2, 0) is 6.42 Å². The second-order valence-corrected chi connectivity index (χ2v) is 4.87. The van der Waals surface area contributed by atoms with Gasteiger partial charge in [-0.3, -0.25) is 4.98 Å². The van der Waals surface area contributed by atoms with Crippen LogP contribution in [-0.4, -0.2) is 16.2 Å². The molecule has 0 saturated heterocycles. The number of nitrogens with zero attached hydrogens (tertiary/aromatic N) is 1. The van der Waals surface area contributed by atoms with Crippen LogP contribution < -0.4 is 0 Å². The highest BCUT2D eigenvalue weighted by atomic mass is 79.9. The predicted octanol–water partition coefficient (Wildman–Crippen LogP) is 2.55. The number of halogens is 1. The zero-order chi connectivity index (χ0) is 9.97. The average Bonchev–Trinajstić information content (AvgIpc) is 2.97. The molecule has 1 fully saturated rings. The van der Waals surface area contributed by atoms with Gasteiger partial charge in [0.2, 0.25) is 0 Å². The van der Waals surface area contributed by atoms with E-state index < -0.39 is 0 Å². The smallest absolute Gasteiger partial charge is 0.0571 e. The number of hydrogen-bond donors (Lipinski definition) is 1. The van der Waals surface area contributed by atoms with Crippen LogP contribution in [0.15, 0.2) is 22.9 Å². The van der Waals surface area contributed by atoms with Gasteiger partial charge in [0.25, 0.3) is 0 Å². The summed E-state index contributed by atoms with van der Waals surface area (Å²) in [5, 5.41) is 9.69. The van der Waals surface area contributed by atoms with Crippen LogP contribution in [0.4, 0.5) is 0 Å². The van der Waals surface area contributed by atoms with Crippen LogP contribution in [0.25, 0.3) is 0 Å². The standard InChI is InChI=1S/C11H14BrNO/c12-10-5-8(6-13-7-10)1-4-11(14)9-2-3-9/h5-7,9,11,14H,1-4H2. The Balaban J connectivity index is 1.84. The zero-order valence-electron chi connectivity index (χ0n) is 7.99. The first-order valence-electron chi connectivity index (χ1n) is 5.03. The quantitative estimate of drug-likeness (QED) is 0.898. The molecule has 1 unspecified atom stereocenters. The first-order valence-corrected chi connectivity index (χ1v) is 5.82. The molecule has 1 aliphatic rings. The van der Waals surface area contributed by atoms with Gasteiger partial charge in [-0.2, -0.15) is 0 Å². The van der Waals surface area contributed by atoms with Gasteiger partial charge in [-0.15, -0.1) is 0 Å². The van der Waals surface area contributed by atoms with E-state index in [9.17, 15) is 5.11 Å². The molecule has 2 nitrogen and oxygen atoms in total. The van der Waals surface area contributed by atoms with Crippen molar-refractivity contribution in [2.45, 2.75) is 31.8 Å². The van der Waals surface area contributed by atoms with Crippen molar-refractivity contribution in [3.05, 3.63) is 28.5 Å². The number of aryl methyl sites for hydroxylation is 1. The Morgan fingerprint density at radius 3 is 2.93 bits per heavy atom. The number of aliphatic hydroxyl groups excluding tert-OH is 1. The molecule has 1 aliphatic carbocycles. The Hall–Kier alpha value is -0.410. The monoisotopic (exact) mass is 255 g/mol. The maximum absolute atomic E-state index is 9.69. The highest BCUT2D eigenvalue weighted by Gasteiger charge is 2.29. The van der Waals surface area contributed by atoms with Crippen molar-refractivity contribution in [2.75, 3.05) is 0 Å². The molecule has 3 heteroatoms. The number of aromatic nitrogens is 1. The molecule has 0 aliphatic heterocycles. The number of aliphatic hydroxyl groups is 1. The van der Waals surface area contributed by atoms with E-state index in [4.69, 9.17) is 0 Å². The van der Waals surface area contributed by atoms with E-state index in [1.807, 2.05) is 6.20 Å². The molecule has 0 aromatic carbocycles. The summed E-state index contributed by atoms with van der Waals surface area (Å²) in [6.45, 7) is 0. The third-order valence-corrected chi connectivity index (χ3v) is 3.09. The van der Waals surface area contributed by atoms with E-state index in [1.54, 1.807) is 6.20 Å². The molecule has 14 heavy (non-hydrogen) atoms. The first kappa shape index (κ1) is 10.1. The van der Waals surface area contributed by atoms with Gasteiger partial charge >= 0.3 is 0 Å². The van der Waals surface area contributed by atoms with Crippen molar-refractivity contribution in [1.29, 1.82) is 0 Å². The predicted molar refractivity (Wildman–Crippen MR) is 59.0 cm³/mol. The fourth-order valence-electron chi connectivity index (χ4n) is 1.62. The molecule has 1 atom stereocenters. The van der Waals surface area contributed by atoms with Gasteiger partial charge in [0.05, 0.1) is 6.10 Å². The molecule has 1 N–H and O–H groups in total. The molecule has 76 valence electrons. The molecule has 0 spiro atoms. The van der Waals surface area contributed by atoms with E-state index in [1.165, 1.54) is 18.4 Å². The van der Waals surface area contributed by atoms with Crippen molar-refractivity contribution in [3.8, 4) is 0 Å². The lowest BCUT2D eigenvalue weighted by Crippen LogP contribution is -2.10. The van der Waals surface area contributed by atoms with Crippen LogP contribution in [0.1, 0.15) is 24.8 Å². The van der Waals surface area contributed by atoms with Crippen molar-refractivity contribution in [1.82, 2.24) is 4.98 Å². The Morgan fingerprint density at radius 2 is 2.29 bits per heavy atom. The SMILES string of the molecule is OC(CCc1cncc(Br)c1)C1CC1. The lowest BCUT2D eigenvalue weighted by atomic mass is 10.1. The van der Waals surface area contributed by atoms with Gasteiger partial charge in [0.15, 0.2) is 0 Å². The van der Waals surface area contributed by atoms with E-state index in [0.717, 1.165) is 17.3 Å². The highest BCUT2D eigenvalue weighted by Crippen LogP contribution is 2.34. The van der Waals surface area contributed by atoms with Gasteiger partial charge in [-0.1, -0.05) is 0 Å². The number of hydrogen-bond acceptors (Lipinski definition) is 2. The first-order chi connectivity index (χ1) is 6.75. The minimum atomic E-state index is -0.103. The van der Waals surface area contributed by atoms with E-state index in [2.05, 4.69) is 27.0 Å². The van der Waals surface area contributed by atoms with E-state index in [0.29, 0.717) is 5.92 Å². The average molecular weight is 256 g/mol. The maximum Gasteiger partial charge on any atom is 0.0571 e. The van der Waals surface area contributed by atoms with Gasteiger partial charge < -0.3 is 5.11 Å². The second kappa shape index (κ2) is 4.41. The van der Waals surface area contributed by atoms with Gasteiger partial charge in [0, 0.05) is 16.9 Å². The molecular formula is C11H14BrNO. The van der Waals surface area contributed by atoms with Gasteiger partial charge in [-0.05, 0) is 59.2 Å². The molecule has 1 aromatic rings. The summed E-state index contributed by atoms with van der Waals surface area (Å²) in [6.07, 6.45) is 7.74. The third-order valence-electron chi connectivity index (χ3n) is 2.66. The van der Waals surface area contributed by atoms with Crippen molar-refractivity contribution < 1.29 is 5.11 Å². The molecule has 1 saturated carbocycles. The summed E-state index contributed by atoms with van der Waals surface area (Å²) in [5.41, 5.74) is 1.19. The van der Waals surface area contributed by atoms with Crippen molar-refractivity contribution in [3.63, 3.8) is 0 Å². The van der Waals surface area contributed by atoms with Crippen LogP contribution in [0.3, 0.4) is 0 Å². The number of pyridine rings is 1. The largest absolute Gasteiger partial charge is 0.393 e. The van der Waals surface area contributed by atoms with Gasteiger partial charge in [-0.25, -0.2) is 0 Å². The Kier molecular flexibility index (Phi) is 3.19. The van der Waals surface area contributed by atoms with Crippen molar-refractivity contribution in [2.24, 2.45) is 5.92 Å². The normalized spacial score (nSPS) is 18.1. The molecular weight excluding hydrogens is 242 g/mol. The van der Waals surface area contributed by atoms with E-state index >= 15 is 0 Å². The second-order valence-electron chi connectivity index (χ2n) is 3.95. The summed E-state index contributed by atoms with van der Waals surface area (Å²) in [6, 6.07) is 2.06. The molecule has 2 rings (SSSR count). The molecule has 1 aromatic heterocycles. The third kappa shape index (κ3) is 2.79. The van der Waals surface area contributed by atoms with Crippen LogP contribution >= 0.6 is 15.9 Å². The van der Waals surface area contributed by atoms with Crippen molar-refractivity contribution >= 4 is 15.9 Å². The van der Waals surface area contributed by atoms with Crippen LogP contribution in [0.5, 0.6) is 0 Å². The summed E-state index contributed by atoms with van der Waals surface area (Å²) in [4.78, 5) is 4.09. The molecule has 0 bridgehead atoms. The Bertz CT molecular complexity index is 312. The summed E-state index contributed by atoms with van der Waals surface area (Å²) < 4.78 is 1.01. The maximum atomic E-state index is 9.69.